The van der Waals surface area contributed by atoms with Crippen molar-refractivity contribution in [1.29, 1.82) is 0 Å². The van der Waals surface area contributed by atoms with Crippen LogP contribution < -0.4 is 5.84 Å². The molecule has 0 aromatic heterocycles. The minimum atomic E-state index is 0. The second-order valence-electron chi connectivity index (χ2n) is 3.06. The average Bonchev–Trinajstić information content (AvgIpc) is 2.22. The van der Waals surface area contributed by atoms with E-state index in [-0.39, 0.29) is 18.6 Å². The largest absolute Gasteiger partial charge is 0.662 e. The molecule has 2 N–H and O–H groups in total. The predicted octanol–water partition coefficient (Wildman–Crippen LogP) is -0.207. The van der Waals surface area contributed by atoms with Gasteiger partial charge in [-0.1, -0.05) is 0 Å². The molecule has 2 saturated heterocycles. The van der Waals surface area contributed by atoms with E-state index in [9.17, 15) is 0 Å². The van der Waals surface area contributed by atoms with Crippen molar-refractivity contribution < 1.29 is 18.6 Å². The molecule has 0 aliphatic carbocycles. The molecule has 0 saturated carbocycles. The van der Waals surface area contributed by atoms with Gasteiger partial charge in [0, 0.05) is 31.6 Å². The minimum Gasteiger partial charge on any atom is -0.662 e. The summed E-state index contributed by atoms with van der Waals surface area (Å²) in [5.74, 6) is 7.19. The number of nitrogens with zero attached hydrogens (tertiary/aromatic N) is 2. The van der Waals surface area contributed by atoms with Gasteiger partial charge in [0.05, 0.1) is 0 Å². The normalized spacial score (nSPS) is 39.3. The second kappa shape index (κ2) is 3.24. The molecular weight excluding hydrogens is 165 g/mol. The van der Waals surface area contributed by atoms with Crippen LogP contribution in [0.2, 0.25) is 0 Å². The first-order valence-electron chi connectivity index (χ1n) is 3.49. The van der Waals surface area contributed by atoms with Gasteiger partial charge >= 0.3 is 0 Å². The van der Waals surface area contributed by atoms with E-state index in [1.165, 1.54) is 0 Å². The van der Waals surface area contributed by atoms with Crippen LogP contribution in [-0.4, -0.2) is 31.2 Å². The van der Waals surface area contributed by atoms with Gasteiger partial charge in [-0.3, -0.25) is 5.84 Å². The van der Waals surface area contributed by atoms with Crippen molar-refractivity contribution in [3.05, 3.63) is 5.32 Å². The topological polar surface area (TPSA) is 43.4 Å². The van der Waals surface area contributed by atoms with Crippen molar-refractivity contribution >= 4 is 0 Å². The number of nitrogens with two attached hydrogens (primary N) is 1. The fourth-order valence-corrected chi connectivity index (χ4v) is 1.79. The molecule has 2 aliphatic rings. The zero-order chi connectivity index (χ0) is 6.27. The summed E-state index contributed by atoms with van der Waals surface area (Å²) in [5.41, 5.74) is 0. The Balaban J connectivity index is 0.000000500. The number of hydrazine groups is 1. The van der Waals surface area contributed by atoms with Crippen LogP contribution in [0.4, 0.5) is 0 Å². The second-order valence-corrected chi connectivity index (χ2v) is 3.06. The molecule has 3 nitrogen and oxygen atoms in total. The third-order valence-corrected chi connectivity index (χ3v) is 2.33. The fraction of sp³-hybridized carbons (Fsp3) is 1.00. The van der Waals surface area contributed by atoms with Crippen LogP contribution in [0.3, 0.4) is 0 Å². The summed E-state index contributed by atoms with van der Waals surface area (Å²) in [6.45, 7) is 4.24. The Kier molecular flexibility index (Phi) is 2.77. The zero-order valence-corrected chi connectivity index (χ0v) is 7.30. The standard InChI is InChI=1S/C6H12N3.V/c7-9-3-5-1-8-2-6(5)4-9;/h5-6H,1-4,7H2;/q-1;. The van der Waals surface area contributed by atoms with Gasteiger partial charge in [0.15, 0.2) is 0 Å². The van der Waals surface area contributed by atoms with Crippen LogP contribution in [0.5, 0.6) is 0 Å². The summed E-state index contributed by atoms with van der Waals surface area (Å²) in [4.78, 5) is 0. The molecule has 0 aromatic carbocycles. The smallest absolute Gasteiger partial charge is 0.0143 e. The van der Waals surface area contributed by atoms with Crippen LogP contribution in [0.15, 0.2) is 0 Å². The van der Waals surface area contributed by atoms with Crippen LogP contribution in [0.25, 0.3) is 5.32 Å². The zero-order valence-electron chi connectivity index (χ0n) is 5.90. The first-order valence-corrected chi connectivity index (χ1v) is 3.49. The van der Waals surface area contributed by atoms with Crippen LogP contribution in [0, 0.1) is 11.8 Å². The van der Waals surface area contributed by atoms with E-state index in [2.05, 4.69) is 5.32 Å². The Labute approximate surface area is 73.2 Å². The van der Waals surface area contributed by atoms with Gasteiger partial charge in [-0.2, -0.15) is 0 Å². The SMILES string of the molecule is NN1CC2C[N-]CC2C1.[V]. The van der Waals surface area contributed by atoms with Crippen LogP contribution >= 0.6 is 0 Å². The minimum absolute atomic E-state index is 0. The van der Waals surface area contributed by atoms with Crippen molar-refractivity contribution in [2.75, 3.05) is 26.2 Å². The van der Waals surface area contributed by atoms with E-state index in [1.54, 1.807) is 0 Å². The number of hydrogen-bond donors (Lipinski definition) is 1. The van der Waals surface area contributed by atoms with Gasteiger partial charge in [0.1, 0.15) is 0 Å². The molecule has 0 aromatic rings. The van der Waals surface area contributed by atoms with E-state index in [4.69, 9.17) is 5.84 Å². The van der Waals surface area contributed by atoms with E-state index >= 15 is 0 Å². The maximum Gasteiger partial charge on any atom is 0.0143 e. The molecule has 2 fully saturated rings. The van der Waals surface area contributed by atoms with Crippen molar-refractivity contribution in [1.82, 2.24) is 5.01 Å². The molecule has 2 heterocycles. The molecule has 57 valence electrons. The Hall–Kier alpha value is 0.464. The summed E-state index contributed by atoms with van der Waals surface area (Å²) in [6.07, 6.45) is 0. The first kappa shape index (κ1) is 8.56. The number of hydrogen-bond acceptors (Lipinski definition) is 2. The van der Waals surface area contributed by atoms with E-state index in [0.717, 1.165) is 38.0 Å². The van der Waals surface area contributed by atoms with Crippen molar-refractivity contribution in [2.45, 2.75) is 0 Å². The molecule has 2 rings (SSSR count). The number of fused-ring (bicyclic) bond motifs is 1. The summed E-state index contributed by atoms with van der Waals surface area (Å²) in [7, 11) is 0. The van der Waals surface area contributed by atoms with Crippen molar-refractivity contribution in [3.8, 4) is 0 Å². The third-order valence-electron chi connectivity index (χ3n) is 2.33. The molecule has 0 amide bonds. The molecule has 2 aliphatic heterocycles. The first-order chi connectivity index (χ1) is 4.36. The molecular formula is C6H12N3V-. The van der Waals surface area contributed by atoms with Crippen molar-refractivity contribution in [2.24, 2.45) is 17.7 Å². The van der Waals surface area contributed by atoms with Crippen molar-refractivity contribution in [3.63, 3.8) is 0 Å². The molecule has 10 heavy (non-hydrogen) atoms. The molecule has 0 bridgehead atoms. The Morgan fingerprint density at radius 2 is 1.70 bits per heavy atom. The van der Waals surface area contributed by atoms with Gasteiger partial charge < -0.3 is 5.32 Å². The maximum absolute atomic E-state index is 5.62. The summed E-state index contributed by atoms with van der Waals surface area (Å²) >= 11 is 0. The summed E-state index contributed by atoms with van der Waals surface area (Å²) in [6, 6.07) is 0. The van der Waals surface area contributed by atoms with Gasteiger partial charge in [-0.25, -0.2) is 5.01 Å². The summed E-state index contributed by atoms with van der Waals surface area (Å²) < 4.78 is 0. The molecule has 2 unspecified atom stereocenters. The monoisotopic (exact) mass is 177 g/mol. The number of rotatable bonds is 0. The maximum atomic E-state index is 5.62. The molecule has 2 atom stereocenters. The van der Waals surface area contributed by atoms with Gasteiger partial charge in [0.25, 0.3) is 0 Å². The molecule has 1 radical (unpaired) electrons. The Morgan fingerprint density at radius 1 is 1.20 bits per heavy atom. The predicted molar refractivity (Wildman–Crippen MR) is 35.8 cm³/mol. The van der Waals surface area contributed by atoms with E-state index in [1.807, 2.05) is 5.01 Å². The molecule has 0 spiro atoms. The molecule has 4 heteroatoms. The van der Waals surface area contributed by atoms with Gasteiger partial charge in [-0.15, -0.1) is 13.1 Å². The van der Waals surface area contributed by atoms with Crippen LogP contribution in [-0.2, 0) is 18.6 Å². The summed E-state index contributed by atoms with van der Waals surface area (Å²) in [5, 5.41) is 6.24. The Morgan fingerprint density at radius 3 is 2.20 bits per heavy atom. The average molecular weight is 177 g/mol. The third kappa shape index (κ3) is 1.38. The Bertz CT molecular complexity index is 108. The fourth-order valence-electron chi connectivity index (χ4n) is 1.79. The van der Waals surface area contributed by atoms with Gasteiger partial charge in [0.2, 0.25) is 0 Å². The quantitative estimate of drug-likeness (QED) is 0.520. The van der Waals surface area contributed by atoms with Gasteiger partial charge in [-0.05, 0) is 11.8 Å². The van der Waals surface area contributed by atoms with E-state index < -0.39 is 0 Å². The van der Waals surface area contributed by atoms with Crippen LogP contribution in [0.1, 0.15) is 0 Å². The van der Waals surface area contributed by atoms with E-state index in [0.29, 0.717) is 0 Å².